The van der Waals surface area contributed by atoms with Crippen molar-refractivity contribution in [2.75, 3.05) is 33.3 Å². The van der Waals surface area contributed by atoms with E-state index in [0.717, 1.165) is 75.0 Å². The third kappa shape index (κ3) is 7.01. The van der Waals surface area contributed by atoms with Gasteiger partial charge in [-0.05, 0) is 56.5 Å². The molecule has 1 fully saturated rings. The molecule has 1 saturated heterocycles. The van der Waals surface area contributed by atoms with Crippen molar-refractivity contribution in [2.24, 2.45) is 4.99 Å². The first-order valence-corrected chi connectivity index (χ1v) is 11.2. The Morgan fingerprint density at radius 1 is 1.16 bits per heavy atom. The number of aliphatic imine (C=N–C) groups is 1. The lowest BCUT2D eigenvalue weighted by Gasteiger charge is -2.20. The monoisotopic (exact) mass is 426 g/mol. The molecular weight excluding hydrogens is 392 g/mol. The Morgan fingerprint density at radius 3 is 2.77 bits per heavy atom. The standard InChI is InChI=1S/C23H34N6O2/c1-3-24-23(25-14-7-16-28-15-6-4-5-8-22(28)30)26-18-19-13-17-29(27-19)20-9-11-21(31-2)12-10-20/h9-13,17H,3-8,14-16,18H2,1-2H3,(H2,24,25,26). The summed E-state index contributed by atoms with van der Waals surface area (Å²) in [5.74, 6) is 1.89. The molecule has 0 unspecified atom stereocenters. The average Bonchev–Trinajstić information content (AvgIpc) is 3.17. The van der Waals surface area contributed by atoms with Crippen LogP contribution < -0.4 is 15.4 Å². The lowest BCUT2D eigenvalue weighted by molar-refractivity contribution is -0.130. The van der Waals surface area contributed by atoms with Gasteiger partial charge in [0.15, 0.2) is 5.96 Å². The minimum Gasteiger partial charge on any atom is -0.497 e. The Morgan fingerprint density at radius 2 is 2.00 bits per heavy atom. The number of methoxy groups -OCH3 is 1. The predicted octanol–water partition coefficient (Wildman–Crippen LogP) is 2.73. The molecule has 1 aromatic carbocycles. The van der Waals surface area contributed by atoms with Crippen LogP contribution in [0.5, 0.6) is 5.75 Å². The van der Waals surface area contributed by atoms with Gasteiger partial charge < -0.3 is 20.3 Å². The van der Waals surface area contributed by atoms with Crippen LogP contribution in [-0.2, 0) is 11.3 Å². The number of guanidine groups is 1. The number of carbonyl (C=O) groups is 1. The minimum absolute atomic E-state index is 0.297. The molecule has 0 bridgehead atoms. The van der Waals surface area contributed by atoms with E-state index in [4.69, 9.17) is 4.74 Å². The molecule has 1 aromatic heterocycles. The fourth-order valence-corrected chi connectivity index (χ4v) is 3.58. The molecular formula is C23H34N6O2. The fraction of sp³-hybridized carbons (Fsp3) is 0.522. The van der Waals surface area contributed by atoms with Crippen molar-refractivity contribution in [1.29, 1.82) is 0 Å². The molecule has 0 radical (unpaired) electrons. The van der Waals surface area contributed by atoms with Gasteiger partial charge >= 0.3 is 0 Å². The SMILES string of the molecule is CCNC(=NCc1ccn(-c2ccc(OC)cc2)n1)NCCCN1CCCCCC1=O. The third-order valence-electron chi connectivity index (χ3n) is 5.29. The predicted molar refractivity (Wildman–Crippen MR) is 123 cm³/mol. The Labute approximate surface area is 184 Å². The van der Waals surface area contributed by atoms with Crippen molar-refractivity contribution in [3.8, 4) is 11.4 Å². The smallest absolute Gasteiger partial charge is 0.222 e. The van der Waals surface area contributed by atoms with E-state index in [1.165, 1.54) is 0 Å². The van der Waals surface area contributed by atoms with Crippen LogP contribution >= 0.6 is 0 Å². The first kappa shape index (κ1) is 22.7. The van der Waals surface area contributed by atoms with Gasteiger partial charge in [-0.3, -0.25) is 4.79 Å². The Balaban J connectivity index is 1.48. The largest absolute Gasteiger partial charge is 0.497 e. The summed E-state index contributed by atoms with van der Waals surface area (Å²) in [6, 6.07) is 9.75. The number of aromatic nitrogens is 2. The van der Waals surface area contributed by atoms with Crippen molar-refractivity contribution >= 4 is 11.9 Å². The molecule has 0 spiro atoms. The topological polar surface area (TPSA) is 83.8 Å². The molecule has 2 N–H and O–H groups in total. The number of hydrogen-bond acceptors (Lipinski definition) is 4. The summed E-state index contributed by atoms with van der Waals surface area (Å²) in [7, 11) is 1.66. The van der Waals surface area contributed by atoms with Gasteiger partial charge in [0.2, 0.25) is 5.91 Å². The van der Waals surface area contributed by atoms with E-state index >= 15 is 0 Å². The Bertz CT molecular complexity index is 846. The van der Waals surface area contributed by atoms with Crippen LogP contribution in [0.3, 0.4) is 0 Å². The highest BCUT2D eigenvalue weighted by molar-refractivity contribution is 5.79. The molecule has 8 nitrogen and oxygen atoms in total. The second kappa shape index (κ2) is 12.0. The van der Waals surface area contributed by atoms with E-state index in [1.54, 1.807) is 7.11 Å². The zero-order chi connectivity index (χ0) is 21.9. The average molecular weight is 427 g/mol. The van der Waals surface area contributed by atoms with E-state index in [2.05, 4.69) is 20.7 Å². The van der Waals surface area contributed by atoms with E-state index in [0.29, 0.717) is 18.9 Å². The maximum Gasteiger partial charge on any atom is 0.222 e. The van der Waals surface area contributed by atoms with Gasteiger partial charge in [-0.15, -0.1) is 0 Å². The molecule has 1 amide bonds. The zero-order valence-corrected chi connectivity index (χ0v) is 18.6. The van der Waals surface area contributed by atoms with E-state index in [9.17, 15) is 4.79 Å². The zero-order valence-electron chi connectivity index (χ0n) is 18.6. The van der Waals surface area contributed by atoms with E-state index in [1.807, 2.05) is 53.0 Å². The van der Waals surface area contributed by atoms with Crippen molar-refractivity contribution in [3.05, 3.63) is 42.2 Å². The second-order valence-corrected chi connectivity index (χ2v) is 7.62. The lowest BCUT2D eigenvalue weighted by Crippen LogP contribution is -2.39. The van der Waals surface area contributed by atoms with Crippen molar-refractivity contribution in [1.82, 2.24) is 25.3 Å². The molecule has 8 heteroatoms. The molecule has 0 saturated carbocycles. The van der Waals surface area contributed by atoms with Gasteiger partial charge in [-0.25, -0.2) is 9.67 Å². The van der Waals surface area contributed by atoms with Gasteiger partial charge in [0.1, 0.15) is 5.75 Å². The molecule has 0 atom stereocenters. The van der Waals surface area contributed by atoms with E-state index in [-0.39, 0.29) is 0 Å². The number of amides is 1. The summed E-state index contributed by atoms with van der Waals surface area (Å²) in [4.78, 5) is 18.7. The maximum atomic E-state index is 12.1. The summed E-state index contributed by atoms with van der Waals surface area (Å²) in [5.41, 5.74) is 1.87. The van der Waals surface area contributed by atoms with Crippen LogP contribution in [0.1, 0.15) is 44.7 Å². The highest BCUT2D eigenvalue weighted by Crippen LogP contribution is 2.15. The Hall–Kier alpha value is -3.03. The number of hydrogen-bond donors (Lipinski definition) is 2. The summed E-state index contributed by atoms with van der Waals surface area (Å²) in [6.07, 6.45) is 6.84. The molecule has 3 rings (SSSR count). The maximum absolute atomic E-state index is 12.1. The number of ether oxygens (including phenoxy) is 1. The summed E-state index contributed by atoms with van der Waals surface area (Å²) in [6.45, 7) is 5.79. The van der Waals surface area contributed by atoms with Crippen LogP contribution in [0, 0.1) is 0 Å². The highest BCUT2D eigenvalue weighted by Gasteiger charge is 2.15. The van der Waals surface area contributed by atoms with Gasteiger partial charge in [0.25, 0.3) is 0 Å². The molecule has 1 aliphatic rings. The van der Waals surface area contributed by atoms with Gasteiger partial charge in [-0.2, -0.15) is 5.10 Å². The van der Waals surface area contributed by atoms with Crippen LogP contribution in [0.4, 0.5) is 0 Å². The number of likely N-dealkylation sites (tertiary alicyclic amines) is 1. The van der Waals surface area contributed by atoms with Crippen LogP contribution in [-0.4, -0.2) is 59.8 Å². The van der Waals surface area contributed by atoms with E-state index < -0.39 is 0 Å². The Kier molecular flexibility index (Phi) is 8.75. The summed E-state index contributed by atoms with van der Waals surface area (Å²) < 4.78 is 7.04. The van der Waals surface area contributed by atoms with Gasteiger partial charge in [0, 0.05) is 38.8 Å². The fourth-order valence-electron chi connectivity index (χ4n) is 3.58. The number of benzene rings is 1. The summed E-state index contributed by atoms with van der Waals surface area (Å²) >= 11 is 0. The first-order valence-electron chi connectivity index (χ1n) is 11.2. The molecule has 0 aliphatic carbocycles. The second-order valence-electron chi connectivity index (χ2n) is 7.62. The lowest BCUT2D eigenvalue weighted by atomic mass is 10.2. The van der Waals surface area contributed by atoms with Crippen molar-refractivity contribution in [2.45, 2.75) is 45.6 Å². The normalized spacial score (nSPS) is 15.0. The van der Waals surface area contributed by atoms with Gasteiger partial charge in [0.05, 0.1) is 25.0 Å². The van der Waals surface area contributed by atoms with Crippen LogP contribution in [0.2, 0.25) is 0 Å². The molecule has 168 valence electrons. The molecule has 31 heavy (non-hydrogen) atoms. The van der Waals surface area contributed by atoms with Gasteiger partial charge in [-0.1, -0.05) is 6.42 Å². The molecule has 2 heterocycles. The van der Waals surface area contributed by atoms with Crippen LogP contribution in [0.15, 0.2) is 41.5 Å². The number of nitrogens with zero attached hydrogens (tertiary/aromatic N) is 4. The first-order chi connectivity index (χ1) is 15.2. The minimum atomic E-state index is 0.297. The van der Waals surface area contributed by atoms with Crippen molar-refractivity contribution < 1.29 is 9.53 Å². The molecule has 2 aromatic rings. The van der Waals surface area contributed by atoms with Crippen molar-refractivity contribution in [3.63, 3.8) is 0 Å². The summed E-state index contributed by atoms with van der Waals surface area (Å²) in [5, 5.41) is 11.2. The number of carbonyl (C=O) groups excluding carboxylic acids is 1. The molecule has 1 aliphatic heterocycles. The number of nitrogens with one attached hydrogen (secondary N) is 2. The quantitative estimate of drug-likeness (QED) is 0.366. The number of rotatable bonds is 9. The van der Waals surface area contributed by atoms with Crippen LogP contribution in [0.25, 0.3) is 5.69 Å². The third-order valence-corrected chi connectivity index (χ3v) is 5.29. The highest BCUT2D eigenvalue weighted by atomic mass is 16.5.